The van der Waals surface area contributed by atoms with Crippen LogP contribution in [0, 0.1) is 0 Å². The van der Waals surface area contributed by atoms with Crippen molar-refractivity contribution in [1.29, 1.82) is 0 Å². The smallest absolute Gasteiger partial charge is 0.402 e. The van der Waals surface area contributed by atoms with Gasteiger partial charge in [0.1, 0.15) is 81.7 Å². The van der Waals surface area contributed by atoms with E-state index in [2.05, 4.69) is 0 Å². The minimum absolute atomic E-state index is 0.0411. The van der Waals surface area contributed by atoms with Gasteiger partial charge in [0, 0.05) is 29.8 Å². The lowest BCUT2D eigenvalue weighted by molar-refractivity contribution is -0.277. The van der Waals surface area contributed by atoms with Crippen molar-refractivity contribution in [3.8, 4) is 57.3 Å². The zero-order chi connectivity index (χ0) is 36.3. The van der Waals surface area contributed by atoms with Crippen LogP contribution >= 0.6 is 0 Å². The molecule has 15 heteroatoms. The zero-order valence-electron chi connectivity index (χ0n) is 26.3. The van der Waals surface area contributed by atoms with Gasteiger partial charge in [-0.1, -0.05) is 12.1 Å². The van der Waals surface area contributed by atoms with Crippen LogP contribution in [0.25, 0.3) is 22.3 Å². The highest BCUT2D eigenvalue weighted by Gasteiger charge is 2.48. The Balaban J connectivity index is 1.45. The monoisotopic (exact) mass is 705 g/mol. The van der Waals surface area contributed by atoms with Gasteiger partial charge in [-0.3, -0.25) is 0 Å². The van der Waals surface area contributed by atoms with Crippen LogP contribution < -0.4 is 9.47 Å². The van der Waals surface area contributed by atoms with E-state index in [1.54, 1.807) is 0 Å². The predicted octanol–water partition coefficient (Wildman–Crippen LogP) is 2.42. The van der Waals surface area contributed by atoms with Crippen LogP contribution in [0.4, 0.5) is 0 Å². The summed E-state index contributed by atoms with van der Waals surface area (Å²) >= 11 is 0. The van der Waals surface area contributed by atoms with Crippen LogP contribution in [0.1, 0.15) is 28.7 Å². The Kier molecular flexibility index (Phi) is 8.62. The van der Waals surface area contributed by atoms with Crippen LogP contribution in [0.2, 0.25) is 0 Å². The highest BCUT2D eigenvalue weighted by molar-refractivity contribution is 5.92. The molecule has 0 spiro atoms. The van der Waals surface area contributed by atoms with Crippen molar-refractivity contribution in [2.75, 3.05) is 6.61 Å². The van der Waals surface area contributed by atoms with E-state index in [-0.39, 0.29) is 62.2 Å². The number of ether oxygens (including phenoxy) is 3. The van der Waals surface area contributed by atoms with Gasteiger partial charge in [-0.25, -0.2) is 4.42 Å². The number of hydrogen-bond donors (Lipinski definition) is 11. The number of hydrogen-bond acceptors (Lipinski definition) is 14. The molecule has 15 nitrogen and oxygen atoms in total. The first-order valence-electron chi connectivity index (χ1n) is 15.7. The Morgan fingerprint density at radius 2 is 1.29 bits per heavy atom. The third kappa shape index (κ3) is 5.91. The molecule has 1 fully saturated rings. The third-order valence-electron chi connectivity index (χ3n) is 9.09. The van der Waals surface area contributed by atoms with Crippen molar-refractivity contribution in [3.05, 3.63) is 89.5 Å². The number of rotatable bonds is 6. The van der Waals surface area contributed by atoms with Gasteiger partial charge >= 0.3 is 11.3 Å². The molecule has 266 valence electrons. The van der Waals surface area contributed by atoms with E-state index in [1.807, 2.05) is 0 Å². The minimum atomic E-state index is -1.82. The summed E-state index contributed by atoms with van der Waals surface area (Å²) in [5, 5.41) is 117. The number of aliphatic hydroxyl groups is 5. The first-order chi connectivity index (χ1) is 24.4. The highest BCUT2D eigenvalue weighted by Crippen LogP contribution is 2.55. The predicted molar refractivity (Wildman–Crippen MR) is 175 cm³/mol. The summed E-state index contributed by atoms with van der Waals surface area (Å²) in [4.78, 5) is 0. The van der Waals surface area contributed by atoms with E-state index in [1.165, 1.54) is 60.7 Å². The molecule has 0 unspecified atom stereocenters. The first kappa shape index (κ1) is 33.9. The van der Waals surface area contributed by atoms with E-state index in [0.717, 1.165) is 12.1 Å². The van der Waals surface area contributed by atoms with Crippen LogP contribution in [0.15, 0.2) is 77.2 Å². The molecule has 0 radical (unpaired) electrons. The van der Waals surface area contributed by atoms with E-state index in [0.29, 0.717) is 5.56 Å². The van der Waals surface area contributed by atoms with Crippen molar-refractivity contribution >= 4 is 11.0 Å². The number of aliphatic hydroxyl groups excluding tert-OH is 5. The summed E-state index contributed by atoms with van der Waals surface area (Å²) in [7, 11) is 0. The fourth-order valence-corrected chi connectivity index (χ4v) is 6.56. The van der Waals surface area contributed by atoms with E-state index >= 15 is 0 Å². The molecule has 3 heterocycles. The summed E-state index contributed by atoms with van der Waals surface area (Å²) < 4.78 is 23.9. The standard InChI is InChI=1S/C36H32O15/c37-13-25-29(44)31(46)32(47)36(50-25)49-24-11-19-20(41)12-22(43)27(35(19)51-33(24)14-1-5-16(38)6-2-14)28-26-21(42)9-18(40)10-23(26)48-34(30(28)45)15-3-7-17(39)8-4-15/h1-12,25,28-32,34,36-37,44-47H,13H2,(H5-,38,39,40,41,42,43)/p+1/t25-,28+,29-,30+,31+,32-,34-,36-/m1/s1. The Hall–Kier alpha value is -5.55. The second kappa shape index (κ2) is 13.0. The fourth-order valence-electron chi connectivity index (χ4n) is 6.56. The van der Waals surface area contributed by atoms with E-state index < -0.39 is 72.7 Å². The Morgan fingerprint density at radius 3 is 1.96 bits per heavy atom. The van der Waals surface area contributed by atoms with Gasteiger partial charge in [-0.2, -0.15) is 0 Å². The second-order valence-corrected chi connectivity index (χ2v) is 12.3. The largest absolute Gasteiger partial charge is 0.508 e. The molecule has 7 rings (SSSR count). The van der Waals surface area contributed by atoms with Crippen molar-refractivity contribution in [2.45, 2.75) is 48.8 Å². The lowest BCUT2D eigenvalue weighted by Gasteiger charge is -2.39. The molecular weight excluding hydrogens is 672 g/mol. The van der Waals surface area contributed by atoms with Crippen LogP contribution in [-0.4, -0.2) is 99.6 Å². The normalized spacial score (nSPS) is 26.0. The topological polar surface area (TPSA) is 262 Å². The second-order valence-electron chi connectivity index (χ2n) is 12.3. The zero-order valence-corrected chi connectivity index (χ0v) is 26.3. The Bertz CT molecular complexity index is 2080. The summed E-state index contributed by atoms with van der Waals surface area (Å²) in [6.07, 6.45) is -11.0. The van der Waals surface area contributed by atoms with Crippen molar-refractivity contribution < 1.29 is 74.8 Å². The maximum atomic E-state index is 12.0. The van der Waals surface area contributed by atoms with Gasteiger partial charge in [0.05, 0.1) is 18.1 Å². The Morgan fingerprint density at radius 1 is 0.647 bits per heavy atom. The maximum absolute atomic E-state index is 12.0. The molecule has 0 amide bonds. The van der Waals surface area contributed by atoms with Gasteiger partial charge in [-0.15, -0.1) is 0 Å². The number of phenols is 6. The molecule has 2 aliphatic heterocycles. The molecule has 11 N–H and O–H groups in total. The summed E-state index contributed by atoms with van der Waals surface area (Å²) in [5.74, 6) is -3.86. The molecule has 2 aliphatic rings. The number of phenolic OH excluding ortho intramolecular Hbond substituents is 6. The van der Waals surface area contributed by atoms with Crippen molar-refractivity contribution in [2.24, 2.45) is 0 Å². The lowest BCUT2D eigenvalue weighted by atomic mass is 9.78. The number of benzene rings is 4. The molecular formula is C36H33O15+. The average molecular weight is 706 g/mol. The molecule has 0 saturated carbocycles. The Labute approximate surface area is 287 Å². The third-order valence-corrected chi connectivity index (χ3v) is 9.09. The van der Waals surface area contributed by atoms with Crippen LogP contribution in [0.3, 0.4) is 0 Å². The molecule has 1 saturated heterocycles. The molecule has 5 aromatic rings. The highest BCUT2D eigenvalue weighted by atomic mass is 16.7. The molecule has 1 aromatic heterocycles. The summed E-state index contributed by atoms with van der Waals surface area (Å²) in [5.41, 5.74) is 0.249. The molecule has 8 atom stereocenters. The quantitative estimate of drug-likeness (QED) is 0.113. The van der Waals surface area contributed by atoms with Crippen molar-refractivity contribution in [1.82, 2.24) is 0 Å². The van der Waals surface area contributed by atoms with Crippen LogP contribution in [-0.2, 0) is 4.74 Å². The molecule has 51 heavy (non-hydrogen) atoms. The molecule has 0 bridgehead atoms. The summed E-state index contributed by atoms with van der Waals surface area (Å²) in [6.45, 7) is -0.730. The summed E-state index contributed by atoms with van der Waals surface area (Å²) in [6, 6.07) is 15.8. The van der Waals surface area contributed by atoms with Gasteiger partial charge in [0.15, 0.2) is 6.10 Å². The minimum Gasteiger partial charge on any atom is -0.508 e. The van der Waals surface area contributed by atoms with Gasteiger partial charge in [0.2, 0.25) is 12.0 Å². The number of aromatic hydroxyl groups is 6. The van der Waals surface area contributed by atoms with Gasteiger partial charge in [0.25, 0.3) is 0 Å². The average Bonchev–Trinajstić information content (AvgIpc) is 3.10. The fraction of sp³-hybridized carbons (Fsp3) is 0.250. The van der Waals surface area contributed by atoms with Crippen LogP contribution in [0.5, 0.6) is 46.0 Å². The van der Waals surface area contributed by atoms with Crippen molar-refractivity contribution in [3.63, 3.8) is 0 Å². The number of fused-ring (bicyclic) bond motifs is 2. The molecule has 4 aromatic carbocycles. The lowest BCUT2D eigenvalue weighted by Crippen LogP contribution is -2.60. The SMILES string of the molecule is OC[C@H]1O[C@@H](Oc2cc3c(O)cc(O)c([C@@H]4c5c(O)cc(O)cc5O[C@H](c5ccc(O)cc5)[C@H]4O)c3[o+]c2-c2ccc(O)cc2)[C@H](O)[C@@H](O)[C@@H]1O. The van der Waals surface area contributed by atoms with Gasteiger partial charge < -0.3 is 70.4 Å². The van der Waals surface area contributed by atoms with E-state index in [9.17, 15) is 56.2 Å². The van der Waals surface area contributed by atoms with Gasteiger partial charge in [-0.05, 0) is 42.0 Å². The maximum Gasteiger partial charge on any atom is 0.402 e. The van der Waals surface area contributed by atoms with E-state index in [4.69, 9.17) is 18.6 Å². The molecule has 0 aliphatic carbocycles. The first-order valence-corrected chi connectivity index (χ1v) is 15.7.